The predicted molar refractivity (Wildman–Crippen MR) is 82.3 cm³/mol. The number of hydrogen-bond acceptors (Lipinski definition) is 5. The van der Waals surface area contributed by atoms with Crippen LogP contribution < -0.4 is 15.4 Å². The molecule has 2 aromatic rings. The van der Waals surface area contributed by atoms with E-state index in [1.54, 1.807) is 19.1 Å². The van der Waals surface area contributed by atoms with Gasteiger partial charge in [-0.3, -0.25) is 0 Å². The second-order valence-corrected chi connectivity index (χ2v) is 5.50. The maximum absolute atomic E-state index is 13.9. The summed E-state index contributed by atoms with van der Waals surface area (Å²) in [5, 5.41) is 6.36. The quantitative estimate of drug-likeness (QED) is 0.887. The lowest BCUT2D eigenvalue weighted by Crippen LogP contribution is -2.23. The molecular formula is C16H18F2N4O. The van der Waals surface area contributed by atoms with E-state index in [1.165, 1.54) is 12.1 Å². The fourth-order valence-electron chi connectivity index (χ4n) is 2.46. The summed E-state index contributed by atoms with van der Waals surface area (Å²) in [6.07, 6.45) is 1.50. The number of rotatable bonds is 5. The van der Waals surface area contributed by atoms with Gasteiger partial charge in [-0.2, -0.15) is 9.37 Å². The monoisotopic (exact) mass is 320 g/mol. The molecule has 0 aliphatic carbocycles. The first-order chi connectivity index (χ1) is 11.1. The largest absolute Gasteiger partial charge is 0.468 e. The summed E-state index contributed by atoms with van der Waals surface area (Å²) in [7, 11) is 0. The molecule has 7 heteroatoms. The maximum atomic E-state index is 13.9. The molecule has 1 aromatic carbocycles. The summed E-state index contributed by atoms with van der Waals surface area (Å²) >= 11 is 0. The molecule has 2 heterocycles. The Morgan fingerprint density at radius 2 is 2.26 bits per heavy atom. The molecule has 0 bridgehead atoms. The second-order valence-electron chi connectivity index (χ2n) is 5.50. The van der Waals surface area contributed by atoms with E-state index >= 15 is 0 Å². The van der Waals surface area contributed by atoms with Crippen LogP contribution in [-0.2, 0) is 0 Å². The predicted octanol–water partition coefficient (Wildman–Crippen LogP) is 2.67. The van der Waals surface area contributed by atoms with Crippen LogP contribution in [0.15, 0.2) is 30.5 Å². The zero-order chi connectivity index (χ0) is 16.2. The van der Waals surface area contributed by atoms with Crippen LogP contribution in [0.25, 0.3) is 0 Å². The highest BCUT2D eigenvalue weighted by molar-refractivity contribution is 5.31. The number of nitrogens with zero attached hydrogens (tertiary/aromatic N) is 2. The van der Waals surface area contributed by atoms with E-state index in [0.29, 0.717) is 11.5 Å². The minimum absolute atomic E-state index is 0.148. The molecule has 0 spiro atoms. The Morgan fingerprint density at radius 3 is 3.00 bits per heavy atom. The Morgan fingerprint density at radius 1 is 1.39 bits per heavy atom. The molecule has 5 nitrogen and oxygen atoms in total. The van der Waals surface area contributed by atoms with Crippen molar-refractivity contribution in [2.75, 3.05) is 18.4 Å². The van der Waals surface area contributed by atoms with Crippen LogP contribution >= 0.6 is 0 Å². The van der Waals surface area contributed by atoms with Gasteiger partial charge in [0.1, 0.15) is 11.9 Å². The summed E-state index contributed by atoms with van der Waals surface area (Å²) in [6.45, 7) is 3.46. The van der Waals surface area contributed by atoms with Gasteiger partial charge in [0, 0.05) is 12.6 Å². The highest BCUT2D eigenvalue weighted by Crippen LogP contribution is 2.23. The zero-order valence-electron chi connectivity index (χ0n) is 12.7. The van der Waals surface area contributed by atoms with Crippen molar-refractivity contribution in [1.29, 1.82) is 0 Å². The molecule has 0 amide bonds. The maximum Gasteiger partial charge on any atom is 0.255 e. The van der Waals surface area contributed by atoms with Crippen molar-refractivity contribution in [2.45, 2.75) is 25.5 Å². The lowest BCUT2D eigenvalue weighted by molar-refractivity contribution is 0.205. The van der Waals surface area contributed by atoms with E-state index < -0.39 is 11.9 Å². The van der Waals surface area contributed by atoms with Gasteiger partial charge in [0.15, 0.2) is 0 Å². The van der Waals surface area contributed by atoms with Crippen molar-refractivity contribution in [3.63, 3.8) is 0 Å². The highest BCUT2D eigenvalue weighted by Gasteiger charge is 2.18. The Kier molecular flexibility index (Phi) is 4.66. The van der Waals surface area contributed by atoms with Gasteiger partial charge in [-0.25, -0.2) is 9.37 Å². The van der Waals surface area contributed by atoms with Gasteiger partial charge >= 0.3 is 0 Å². The van der Waals surface area contributed by atoms with E-state index in [9.17, 15) is 8.78 Å². The Balaban J connectivity index is 1.73. The molecule has 0 unspecified atom stereocenters. The third kappa shape index (κ3) is 3.92. The first-order valence-electron chi connectivity index (χ1n) is 7.54. The molecule has 1 saturated heterocycles. The third-order valence-electron chi connectivity index (χ3n) is 3.71. The molecule has 2 atom stereocenters. The Hall–Kier alpha value is -2.28. The Bertz CT molecular complexity index is 677. The summed E-state index contributed by atoms with van der Waals surface area (Å²) in [6, 6.07) is 6.22. The molecule has 0 radical (unpaired) electrons. The molecule has 1 fully saturated rings. The number of aromatic nitrogens is 2. The number of nitrogens with one attached hydrogen (secondary N) is 2. The van der Waals surface area contributed by atoms with E-state index in [0.717, 1.165) is 25.7 Å². The number of benzene rings is 1. The van der Waals surface area contributed by atoms with Crippen LogP contribution in [0.1, 0.15) is 25.0 Å². The highest BCUT2D eigenvalue weighted by atomic mass is 19.1. The number of hydrogen-bond donors (Lipinski definition) is 2. The molecule has 23 heavy (non-hydrogen) atoms. The van der Waals surface area contributed by atoms with E-state index in [4.69, 9.17) is 4.74 Å². The van der Waals surface area contributed by atoms with Crippen molar-refractivity contribution in [2.24, 2.45) is 0 Å². The molecule has 122 valence electrons. The van der Waals surface area contributed by atoms with Gasteiger partial charge in [0.05, 0.1) is 6.20 Å². The van der Waals surface area contributed by atoms with Crippen molar-refractivity contribution >= 4 is 5.95 Å². The van der Waals surface area contributed by atoms with Crippen LogP contribution in [0, 0.1) is 11.6 Å². The molecule has 1 aliphatic heterocycles. The van der Waals surface area contributed by atoms with Gasteiger partial charge in [0.2, 0.25) is 11.8 Å². The molecule has 1 aliphatic rings. The molecule has 1 aromatic heterocycles. The zero-order valence-corrected chi connectivity index (χ0v) is 12.7. The van der Waals surface area contributed by atoms with E-state index in [1.807, 2.05) is 0 Å². The van der Waals surface area contributed by atoms with E-state index in [-0.39, 0.29) is 17.7 Å². The summed E-state index contributed by atoms with van der Waals surface area (Å²) in [5.41, 5.74) is 0.609. The van der Waals surface area contributed by atoms with Crippen molar-refractivity contribution < 1.29 is 13.5 Å². The topological polar surface area (TPSA) is 59.1 Å². The van der Waals surface area contributed by atoms with Crippen molar-refractivity contribution in [3.8, 4) is 5.88 Å². The van der Waals surface area contributed by atoms with Crippen LogP contribution in [0.3, 0.4) is 0 Å². The number of halogens is 2. The van der Waals surface area contributed by atoms with Crippen LogP contribution in [0.2, 0.25) is 0 Å². The third-order valence-corrected chi connectivity index (χ3v) is 3.71. The van der Waals surface area contributed by atoms with Crippen LogP contribution in [-0.4, -0.2) is 29.1 Å². The average molecular weight is 320 g/mol. The minimum atomic E-state index is -0.650. The van der Waals surface area contributed by atoms with Gasteiger partial charge in [0.25, 0.3) is 5.88 Å². The van der Waals surface area contributed by atoms with Gasteiger partial charge in [-0.05, 0) is 37.6 Å². The van der Waals surface area contributed by atoms with Gasteiger partial charge in [-0.15, -0.1) is 0 Å². The van der Waals surface area contributed by atoms with Gasteiger partial charge < -0.3 is 15.4 Å². The summed E-state index contributed by atoms with van der Waals surface area (Å²) in [4.78, 5) is 8.01. The lowest BCUT2D eigenvalue weighted by Gasteiger charge is -2.16. The van der Waals surface area contributed by atoms with E-state index in [2.05, 4.69) is 20.6 Å². The molecule has 0 saturated carbocycles. The Labute approximate surface area is 133 Å². The smallest absolute Gasteiger partial charge is 0.255 e. The fourth-order valence-corrected chi connectivity index (χ4v) is 2.46. The lowest BCUT2D eigenvalue weighted by atomic mass is 10.1. The molecule has 2 N–H and O–H groups in total. The van der Waals surface area contributed by atoms with Crippen molar-refractivity contribution in [3.05, 3.63) is 47.7 Å². The molecular weight excluding hydrogens is 302 g/mol. The number of ether oxygens (including phenoxy) is 1. The first kappa shape index (κ1) is 15.6. The average Bonchev–Trinajstić information content (AvgIpc) is 3.03. The second kappa shape index (κ2) is 6.87. The first-order valence-corrected chi connectivity index (χ1v) is 7.54. The van der Waals surface area contributed by atoms with Crippen molar-refractivity contribution in [1.82, 2.24) is 15.3 Å². The van der Waals surface area contributed by atoms with Crippen LogP contribution in [0.5, 0.6) is 5.88 Å². The SMILES string of the molecule is C[C@@H](Oc1nc(N[C@@H]2CCNC2)ncc1F)c1cccc(F)c1. The normalized spacial score (nSPS) is 18.7. The standard InChI is InChI=1S/C16H18F2N4O/c1-10(11-3-2-4-12(17)7-11)23-15-14(18)9-20-16(22-15)21-13-5-6-19-8-13/h2-4,7,9-10,13,19H,5-6,8H2,1H3,(H,20,21,22)/t10-,13-/m1/s1. The molecule has 3 rings (SSSR count). The fraction of sp³-hybridized carbons (Fsp3) is 0.375. The number of anilines is 1. The minimum Gasteiger partial charge on any atom is -0.468 e. The van der Waals surface area contributed by atoms with Crippen LogP contribution in [0.4, 0.5) is 14.7 Å². The van der Waals surface area contributed by atoms with Gasteiger partial charge in [-0.1, -0.05) is 12.1 Å². The summed E-state index contributed by atoms with van der Waals surface area (Å²) < 4.78 is 32.7. The summed E-state index contributed by atoms with van der Waals surface area (Å²) in [5.74, 6) is -0.840.